The summed E-state index contributed by atoms with van der Waals surface area (Å²) in [5, 5.41) is 7.78. The van der Waals surface area contributed by atoms with Crippen LogP contribution < -0.4 is 10.6 Å². The van der Waals surface area contributed by atoms with Gasteiger partial charge in [-0.3, -0.25) is 9.69 Å². The molecule has 0 saturated carbocycles. The van der Waals surface area contributed by atoms with Crippen molar-refractivity contribution in [2.45, 2.75) is 58.0 Å². The van der Waals surface area contributed by atoms with Crippen LogP contribution >= 0.6 is 23.2 Å². The number of carbonyl (C=O) groups excluding carboxylic acids is 1. The molecule has 36 heavy (non-hydrogen) atoms. The third-order valence-electron chi connectivity index (χ3n) is 6.78. The number of benzene rings is 2. The van der Waals surface area contributed by atoms with Gasteiger partial charge in [0.1, 0.15) is 5.84 Å². The Hall–Kier alpha value is -2.12. The topological polar surface area (TPSA) is 60.0 Å². The van der Waals surface area contributed by atoms with Gasteiger partial charge in [-0.1, -0.05) is 35.7 Å². The van der Waals surface area contributed by atoms with Crippen LogP contribution in [0.4, 0.5) is 11.4 Å². The normalized spacial score (nSPS) is 21.4. The maximum Gasteiger partial charge on any atom is 0.224 e. The predicted octanol–water partition coefficient (Wildman–Crippen LogP) is 5.76. The third-order valence-corrected chi connectivity index (χ3v) is 7.37. The van der Waals surface area contributed by atoms with Gasteiger partial charge < -0.3 is 15.5 Å². The van der Waals surface area contributed by atoms with Crippen LogP contribution in [0.25, 0.3) is 0 Å². The number of carbonyl (C=O) groups is 1. The Bertz CT molecular complexity index is 1040. The van der Waals surface area contributed by atoms with Crippen molar-refractivity contribution in [3.63, 3.8) is 0 Å². The molecule has 2 aromatic rings. The highest BCUT2D eigenvalue weighted by Crippen LogP contribution is 2.23. The molecular formula is C28H37Cl2N5O. The highest BCUT2D eigenvalue weighted by molar-refractivity contribution is 6.35. The SMILES string of the molecule is C[C@@H]1CN(C(CN2CCCCC2)=Nc2ccc(NC(=O)CCc3ccc(Cl)cc3Cl)cc2)C[C@@H](C)N1. The molecule has 2 atom stereocenters. The minimum Gasteiger partial charge on any atom is -0.356 e. The molecule has 2 heterocycles. The Morgan fingerprint density at radius 1 is 1.03 bits per heavy atom. The largest absolute Gasteiger partial charge is 0.356 e. The Kier molecular flexibility index (Phi) is 9.66. The van der Waals surface area contributed by atoms with Gasteiger partial charge in [0.15, 0.2) is 0 Å². The van der Waals surface area contributed by atoms with E-state index in [1.165, 1.54) is 19.3 Å². The maximum atomic E-state index is 12.5. The first kappa shape index (κ1) is 26.9. The Labute approximate surface area is 225 Å². The van der Waals surface area contributed by atoms with Crippen molar-refractivity contribution in [3.05, 3.63) is 58.1 Å². The molecule has 2 saturated heterocycles. The zero-order valence-corrected chi connectivity index (χ0v) is 22.8. The van der Waals surface area contributed by atoms with E-state index in [2.05, 4.69) is 34.3 Å². The number of hydrogen-bond donors (Lipinski definition) is 2. The van der Waals surface area contributed by atoms with Crippen LogP contribution in [0.1, 0.15) is 45.1 Å². The van der Waals surface area contributed by atoms with E-state index in [4.69, 9.17) is 28.2 Å². The smallest absolute Gasteiger partial charge is 0.224 e. The predicted molar refractivity (Wildman–Crippen MR) is 151 cm³/mol. The Morgan fingerprint density at radius 3 is 2.39 bits per heavy atom. The number of aryl methyl sites for hydroxylation is 1. The summed E-state index contributed by atoms with van der Waals surface area (Å²) in [7, 11) is 0. The summed E-state index contributed by atoms with van der Waals surface area (Å²) in [6, 6.07) is 14.0. The molecule has 2 fully saturated rings. The standard InChI is InChI=1S/C28H37Cl2N5O/c1-20-17-35(18-21(2)31-20)27(19-34-14-4-3-5-15-34)32-24-9-11-25(12-10-24)33-28(36)13-7-22-6-8-23(29)16-26(22)30/h6,8-12,16,20-21,31H,3-5,7,13-15,17-19H2,1-2H3,(H,33,36)/t20-,21-/m1/s1. The van der Waals surface area contributed by atoms with Gasteiger partial charge in [0, 0.05) is 47.3 Å². The molecule has 194 valence electrons. The number of nitrogens with zero attached hydrogens (tertiary/aromatic N) is 3. The van der Waals surface area contributed by atoms with Crippen molar-refractivity contribution < 1.29 is 4.79 Å². The molecule has 4 rings (SSSR count). The van der Waals surface area contributed by atoms with E-state index >= 15 is 0 Å². The number of piperazine rings is 1. The average molecular weight is 531 g/mol. The number of amides is 1. The lowest BCUT2D eigenvalue weighted by Gasteiger charge is -2.39. The molecule has 2 aliphatic rings. The van der Waals surface area contributed by atoms with Crippen LogP contribution in [0, 0.1) is 0 Å². The van der Waals surface area contributed by atoms with Crippen LogP contribution in [0.2, 0.25) is 10.0 Å². The average Bonchev–Trinajstić information content (AvgIpc) is 2.84. The molecule has 8 heteroatoms. The molecule has 0 aromatic heterocycles. The van der Waals surface area contributed by atoms with Crippen LogP contribution in [0.15, 0.2) is 47.5 Å². The fourth-order valence-corrected chi connectivity index (χ4v) is 5.53. The van der Waals surface area contributed by atoms with Gasteiger partial charge in [0.2, 0.25) is 5.91 Å². The van der Waals surface area contributed by atoms with Gasteiger partial charge in [-0.05, 0) is 88.2 Å². The number of aliphatic imine (C=N–C) groups is 1. The number of rotatable bonds is 7. The number of likely N-dealkylation sites (tertiary alicyclic amines) is 1. The summed E-state index contributed by atoms with van der Waals surface area (Å²) in [6.45, 7) is 9.56. The van der Waals surface area contributed by atoms with E-state index in [9.17, 15) is 4.79 Å². The fourth-order valence-electron chi connectivity index (χ4n) is 5.03. The van der Waals surface area contributed by atoms with E-state index in [0.29, 0.717) is 35.0 Å². The highest BCUT2D eigenvalue weighted by atomic mass is 35.5. The zero-order chi connectivity index (χ0) is 25.5. The van der Waals surface area contributed by atoms with Crippen molar-refractivity contribution in [2.24, 2.45) is 4.99 Å². The number of nitrogens with one attached hydrogen (secondary N) is 2. The van der Waals surface area contributed by atoms with Crippen LogP contribution in [-0.2, 0) is 11.2 Å². The van der Waals surface area contributed by atoms with Gasteiger partial charge >= 0.3 is 0 Å². The lowest BCUT2D eigenvalue weighted by Crippen LogP contribution is -2.57. The van der Waals surface area contributed by atoms with Crippen molar-refractivity contribution in [1.29, 1.82) is 0 Å². The highest BCUT2D eigenvalue weighted by Gasteiger charge is 2.25. The summed E-state index contributed by atoms with van der Waals surface area (Å²) >= 11 is 12.2. The molecule has 2 aliphatic heterocycles. The van der Waals surface area contributed by atoms with E-state index < -0.39 is 0 Å². The minimum absolute atomic E-state index is 0.0492. The van der Waals surface area contributed by atoms with Gasteiger partial charge in [0.05, 0.1) is 12.2 Å². The zero-order valence-electron chi connectivity index (χ0n) is 21.3. The first-order valence-electron chi connectivity index (χ1n) is 13.0. The number of amidine groups is 1. The lowest BCUT2D eigenvalue weighted by atomic mass is 10.1. The lowest BCUT2D eigenvalue weighted by molar-refractivity contribution is -0.116. The summed E-state index contributed by atoms with van der Waals surface area (Å²) in [5.41, 5.74) is 2.59. The first-order chi connectivity index (χ1) is 17.4. The first-order valence-corrected chi connectivity index (χ1v) is 13.8. The Balaban J connectivity index is 1.39. The molecule has 0 aliphatic carbocycles. The second-order valence-electron chi connectivity index (χ2n) is 10.1. The maximum absolute atomic E-state index is 12.5. The molecule has 1 amide bonds. The summed E-state index contributed by atoms with van der Waals surface area (Å²) in [6.07, 6.45) is 4.76. The van der Waals surface area contributed by atoms with Gasteiger partial charge in [-0.2, -0.15) is 0 Å². The summed E-state index contributed by atoms with van der Waals surface area (Å²) in [5.74, 6) is 1.08. The van der Waals surface area contributed by atoms with E-state index in [1.807, 2.05) is 30.3 Å². The quantitative estimate of drug-likeness (QED) is 0.353. The number of piperidine rings is 1. The van der Waals surface area contributed by atoms with E-state index in [1.54, 1.807) is 12.1 Å². The molecule has 0 bridgehead atoms. The number of halogens is 2. The monoisotopic (exact) mass is 529 g/mol. The van der Waals surface area contributed by atoms with Crippen LogP contribution in [0.3, 0.4) is 0 Å². The van der Waals surface area contributed by atoms with Crippen molar-refractivity contribution in [3.8, 4) is 0 Å². The Morgan fingerprint density at radius 2 is 1.72 bits per heavy atom. The molecule has 0 spiro atoms. The van der Waals surface area contributed by atoms with Gasteiger partial charge in [-0.15, -0.1) is 0 Å². The fraction of sp³-hybridized carbons (Fsp3) is 0.500. The number of hydrogen-bond acceptors (Lipinski definition) is 4. The van der Waals surface area contributed by atoms with E-state index in [0.717, 1.165) is 55.5 Å². The number of anilines is 1. The second kappa shape index (κ2) is 12.9. The van der Waals surface area contributed by atoms with Crippen molar-refractivity contribution in [2.75, 3.05) is 38.0 Å². The molecule has 2 aromatic carbocycles. The summed E-state index contributed by atoms with van der Waals surface area (Å²) < 4.78 is 0. The van der Waals surface area contributed by atoms with Crippen molar-refractivity contribution >= 4 is 46.3 Å². The van der Waals surface area contributed by atoms with E-state index in [-0.39, 0.29) is 5.91 Å². The summed E-state index contributed by atoms with van der Waals surface area (Å²) in [4.78, 5) is 22.6. The molecule has 0 unspecified atom stereocenters. The van der Waals surface area contributed by atoms with Gasteiger partial charge in [-0.25, -0.2) is 4.99 Å². The van der Waals surface area contributed by atoms with Crippen LogP contribution in [0.5, 0.6) is 0 Å². The van der Waals surface area contributed by atoms with Gasteiger partial charge in [0.25, 0.3) is 0 Å². The second-order valence-corrected chi connectivity index (χ2v) is 10.9. The molecule has 2 N–H and O–H groups in total. The molecular weight excluding hydrogens is 493 g/mol. The minimum atomic E-state index is -0.0492. The third kappa shape index (κ3) is 7.94. The molecule has 6 nitrogen and oxygen atoms in total. The molecule has 0 radical (unpaired) electrons. The van der Waals surface area contributed by atoms with Crippen LogP contribution in [-0.4, -0.2) is 66.4 Å². The van der Waals surface area contributed by atoms with Crippen molar-refractivity contribution in [1.82, 2.24) is 15.1 Å².